The molecule has 0 aliphatic carbocycles. The minimum atomic E-state index is -0.379. The van der Waals surface area contributed by atoms with Crippen LogP contribution in [0.1, 0.15) is 33.1 Å². The smallest absolute Gasteiger partial charge is 0.264 e. The molecule has 24 heavy (non-hydrogen) atoms. The minimum Gasteiger partial charge on any atom is -0.497 e. The predicted octanol–water partition coefficient (Wildman–Crippen LogP) is 2.84. The number of anilines is 1. The van der Waals surface area contributed by atoms with Crippen molar-refractivity contribution in [2.75, 3.05) is 25.5 Å². The minimum absolute atomic E-state index is 0.0478. The average molecular weight is 330 g/mol. The maximum Gasteiger partial charge on any atom is 0.264 e. The van der Waals surface area contributed by atoms with E-state index < -0.39 is 0 Å². The van der Waals surface area contributed by atoms with Gasteiger partial charge in [0.05, 0.1) is 13.7 Å². The molecule has 2 rings (SSSR count). The summed E-state index contributed by atoms with van der Waals surface area (Å²) in [6.45, 7) is 5.32. The molecule has 1 aromatic rings. The highest BCUT2D eigenvalue weighted by atomic mass is 16.5. The summed E-state index contributed by atoms with van der Waals surface area (Å²) in [7, 11) is 1.62. The largest absolute Gasteiger partial charge is 0.497 e. The van der Waals surface area contributed by atoms with E-state index in [1.807, 2.05) is 24.3 Å². The summed E-state index contributed by atoms with van der Waals surface area (Å²) in [6, 6.07) is 7.18. The van der Waals surface area contributed by atoms with Gasteiger partial charge in [0.2, 0.25) is 0 Å². The van der Waals surface area contributed by atoms with E-state index in [1.54, 1.807) is 12.1 Å². The van der Waals surface area contributed by atoms with Crippen LogP contribution in [-0.2, 0) is 4.79 Å². The van der Waals surface area contributed by atoms with Crippen LogP contribution in [0.4, 0.5) is 5.69 Å². The molecule has 0 bridgehead atoms. The van der Waals surface area contributed by atoms with Crippen LogP contribution in [0.25, 0.3) is 0 Å². The van der Waals surface area contributed by atoms with E-state index >= 15 is 0 Å². The Hall–Kier alpha value is -2.42. The molecule has 1 heterocycles. The van der Waals surface area contributed by atoms with Crippen LogP contribution in [0, 0.1) is 17.4 Å². The van der Waals surface area contributed by atoms with Gasteiger partial charge in [-0.1, -0.05) is 26.3 Å². The average Bonchev–Trinajstić information content (AvgIpc) is 2.65. The number of benzene rings is 1. The van der Waals surface area contributed by atoms with Crippen LogP contribution in [0.2, 0.25) is 0 Å². The van der Waals surface area contributed by atoms with Gasteiger partial charge in [-0.25, -0.2) is 10.0 Å². The first kappa shape index (κ1) is 17.9. The molecule has 0 saturated carbocycles. The molecule has 1 saturated heterocycles. The van der Waals surface area contributed by atoms with E-state index in [1.165, 1.54) is 5.01 Å². The highest BCUT2D eigenvalue weighted by Crippen LogP contribution is 2.23. The normalized spacial score (nSPS) is 16.9. The highest BCUT2D eigenvalue weighted by Gasteiger charge is 2.32. The first-order chi connectivity index (χ1) is 11.6. The van der Waals surface area contributed by atoms with Gasteiger partial charge < -0.3 is 10.1 Å². The zero-order valence-corrected chi connectivity index (χ0v) is 14.7. The van der Waals surface area contributed by atoms with Gasteiger partial charge in [-0.15, -0.1) is 0 Å². The van der Waals surface area contributed by atoms with Crippen molar-refractivity contribution >= 4 is 11.6 Å². The first-order valence-electron chi connectivity index (χ1n) is 8.49. The molecule has 1 aliphatic rings. The summed E-state index contributed by atoms with van der Waals surface area (Å²) < 4.78 is 5.25. The Kier molecular flexibility index (Phi) is 6.30. The topological polar surface area (TPSA) is 68.6 Å². The number of carbonyl (C=O) groups excluding carboxylic acids is 1. The quantitative estimate of drug-likeness (QED) is 0.812. The molecule has 1 amide bonds. The lowest BCUT2D eigenvalue weighted by atomic mass is 9.97. The van der Waals surface area contributed by atoms with Crippen LogP contribution in [0.5, 0.6) is 5.75 Å². The van der Waals surface area contributed by atoms with Crippen LogP contribution in [0.3, 0.4) is 0 Å². The molecular weight excluding hydrogens is 304 g/mol. The molecule has 2 unspecified atom stereocenters. The van der Waals surface area contributed by atoms with Crippen molar-refractivity contribution in [3.63, 3.8) is 0 Å². The Labute approximate surface area is 144 Å². The van der Waals surface area contributed by atoms with Crippen LogP contribution < -0.4 is 10.1 Å². The molecule has 2 atom stereocenters. The van der Waals surface area contributed by atoms with Crippen molar-refractivity contribution in [2.45, 2.75) is 39.2 Å². The van der Waals surface area contributed by atoms with E-state index in [0.29, 0.717) is 13.1 Å². The lowest BCUT2D eigenvalue weighted by molar-refractivity contribution is -0.148. The second-order valence-corrected chi connectivity index (χ2v) is 6.13. The lowest BCUT2D eigenvalue weighted by Crippen LogP contribution is -2.54. The van der Waals surface area contributed by atoms with Gasteiger partial charge in [0.15, 0.2) is 6.19 Å². The monoisotopic (exact) mass is 330 g/mol. The highest BCUT2D eigenvalue weighted by molar-refractivity contribution is 5.85. The first-order valence-corrected chi connectivity index (χ1v) is 8.49. The number of nitrogens with one attached hydrogen (secondary N) is 1. The van der Waals surface area contributed by atoms with Crippen molar-refractivity contribution < 1.29 is 9.53 Å². The summed E-state index contributed by atoms with van der Waals surface area (Å²) in [5.41, 5.74) is 0.841. The standard InChI is InChI=1S/C18H26N4O2/c1-4-14(2)17(20-15-8-7-9-16(12-15)24-3)18(23)22-11-6-5-10-21(22)13-19/h7-9,12,14,17,20H,4-6,10-11H2,1-3H3. The lowest BCUT2D eigenvalue weighted by Gasteiger charge is -2.38. The predicted molar refractivity (Wildman–Crippen MR) is 93.1 cm³/mol. The molecule has 6 nitrogen and oxygen atoms in total. The molecule has 130 valence electrons. The Morgan fingerprint density at radius 1 is 1.42 bits per heavy atom. The number of ether oxygens (including phenoxy) is 1. The molecule has 0 radical (unpaired) electrons. The third-order valence-electron chi connectivity index (χ3n) is 4.52. The van der Waals surface area contributed by atoms with Crippen molar-refractivity contribution in [3.05, 3.63) is 24.3 Å². The Morgan fingerprint density at radius 3 is 2.83 bits per heavy atom. The van der Waals surface area contributed by atoms with Gasteiger partial charge in [0.1, 0.15) is 11.8 Å². The summed E-state index contributed by atoms with van der Waals surface area (Å²) in [5.74, 6) is 0.839. The van der Waals surface area contributed by atoms with E-state index in [2.05, 4.69) is 25.4 Å². The number of nitrogens with zero attached hydrogens (tertiary/aromatic N) is 3. The second kappa shape index (κ2) is 8.44. The van der Waals surface area contributed by atoms with E-state index in [0.717, 1.165) is 30.7 Å². The van der Waals surface area contributed by atoms with Gasteiger partial charge in [-0.3, -0.25) is 4.79 Å². The number of amides is 1. The van der Waals surface area contributed by atoms with Crippen LogP contribution in [-0.4, -0.2) is 42.2 Å². The van der Waals surface area contributed by atoms with Gasteiger partial charge in [0, 0.05) is 18.3 Å². The zero-order chi connectivity index (χ0) is 17.5. The fourth-order valence-corrected chi connectivity index (χ4v) is 2.83. The summed E-state index contributed by atoms with van der Waals surface area (Å²) in [4.78, 5) is 13.1. The molecule has 0 spiro atoms. The number of nitriles is 1. The van der Waals surface area contributed by atoms with Gasteiger partial charge in [0.25, 0.3) is 5.91 Å². The number of methoxy groups -OCH3 is 1. The summed E-state index contributed by atoms with van der Waals surface area (Å²) in [5, 5.41) is 15.7. The number of hydrogen-bond acceptors (Lipinski definition) is 5. The van der Waals surface area contributed by atoms with Crippen molar-refractivity contribution in [1.82, 2.24) is 10.0 Å². The SMILES string of the molecule is CCC(C)C(Nc1cccc(OC)c1)C(=O)N1CCCCN1C#N. The Morgan fingerprint density at radius 2 is 2.17 bits per heavy atom. The molecule has 1 fully saturated rings. The van der Waals surface area contributed by atoms with Crippen LogP contribution in [0.15, 0.2) is 24.3 Å². The van der Waals surface area contributed by atoms with Crippen molar-refractivity contribution in [3.8, 4) is 11.9 Å². The zero-order valence-electron chi connectivity index (χ0n) is 14.7. The maximum absolute atomic E-state index is 13.1. The Balaban J connectivity index is 2.20. The number of hydrogen-bond donors (Lipinski definition) is 1. The van der Waals surface area contributed by atoms with Gasteiger partial charge in [-0.2, -0.15) is 5.26 Å². The van der Waals surface area contributed by atoms with Crippen molar-refractivity contribution in [1.29, 1.82) is 5.26 Å². The van der Waals surface area contributed by atoms with Crippen molar-refractivity contribution in [2.24, 2.45) is 5.92 Å². The molecular formula is C18H26N4O2. The van der Waals surface area contributed by atoms with Crippen LogP contribution >= 0.6 is 0 Å². The molecule has 6 heteroatoms. The third kappa shape index (κ3) is 4.10. The summed E-state index contributed by atoms with van der Waals surface area (Å²) in [6.07, 6.45) is 4.85. The maximum atomic E-state index is 13.1. The molecule has 1 aromatic carbocycles. The molecule has 0 aromatic heterocycles. The van der Waals surface area contributed by atoms with E-state index in [9.17, 15) is 10.1 Å². The number of rotatable bonds is 6. The van der Waals surface area contributed by atoms with Gasteiger partial charge >= 0.3 is 0 Å². The van der Waals surface area contributed by atoms with E-state index in [4.69, 9.17) is 4.74 Å². The van der Waals surface area contributed by atoms with E-state index in [-0.39, 0.29) is 17.9 Å². The Bertz CT molecular complexity index is 599. The second-order valence-electron chi connectivity index (χ2n) is 6.13. The summed E-state index contributed by atoms with van der Waals surface area (Å²) >= 11 is 0. The molecule has 1 N–H and O–H groups in total. The number of carbonyl (C=O) groups is 1. The fourth-order valence-electron chi connectivity index (χ4n) is 2.83. The third-order valence-corrected chi connectivity index (χ3v) is 4.52. The fraction of sp³-hybridized carbons (Fsp3) is 0.556. The number of hydrazine groups is 1. The molecule has 1 aliphatic heterocycles. The van der Waals surface area contributed by atoms with Gasteiger partial charge in [-0.05, 0) is 30.9 Å².